The Morgan fingerprint density at radius 1 is 1.25 bits per heavy atom. The molecule has 3 rings (SSSR count). The number of ether oxygens (including phenoxy) is 2. The average molecular weight is 506 g/mol. The second-order valence-corrected chi connectivity index (χ2v) is 7.72. The lowest BCUT2D eigenvalue weighted by Crippen LogP contribution is -2.52. The molecule has 9 heteroatoms. The minimum Gasteiger partial charge on any atom is -0.381 e. The van der Waals surface area contributed by atoms with Gasteiger partial charge < -0.3 is 24.7 Å². The van der Waals surface area contributed by atoms with Crippen molar-refractivity contribution >= 4 is 29.9 Å². The molecule has 0 atom stereocenters. The van der Waals surface area contributed by atoms with Gasteiger partial charge in [-0.05, 0) is 19.8 Å². The van der Waals surface area contributed by atoms with Crippen LogP contribution in [0.1, 0.15) is 56.6 Å². The Morgan fingerprint density at radius 2 is 1.96 bits per heavy atom. The van der Waals surface area contributed by atoms with E-state index in [1.165, 1.54) is 32.1 Å². The molecule has 1 saturated heterocycles. The molecule has 0 spiro atoms. The Kier molecular flexibility index (Phi) is 9.42. The van der Waals surface area contributed by atoms with Gasteiger partial charge in [-0.1, -0.05) is 19.3 Å². The number of methoxy groups -OCH3 is 1. The van der Waals surface area contributed by atoms with Gasteiger partial charge in [-0.2, -0.15) is 0 Å². The number of aryl methyl sites for hydroxylation is 1. The normalized spacial score (nSPS) is 20.5. The van der Waals surface area contributed by atoms with Gasteiger partial charge in [0.1, 0.15) is 12.4 Å². The van der Waals surface area contributed by atoms with Crippen LogP contribution >= 0.6 is 24.0 Å². The van der Waals surface area contributed by atoms with Gasteiger partial charge in [-0.3, -0.25) is 0 Å². The molecule has 1 aromatic heterocycles. The first-order valence-corrected chi connectivity index (χ1v) is 10.1. The van der Waals surface area contributed by atoms with Gasteiger partial charge in [0, 0.05) is 52.8 Å². The van der Waals surface area contributed by atoms with E-state index in [2.05, 4.69) is 20.8 Å². The Hall–Kier alpha value is -0.940. The second kappa shape index (κ2) is 11.3. The number of hydrogen-bond acceptors (Lipinski definition) is 5. The predicted molar refractivity (Wildman–Crippen MR) is 120 cm³/mol. The maximum absolute atomic E-state index is 5.85. The lowest BCUT2D eigenvalue weighted by molar-refractivity contribution is -0.0855. The number of aromatic nitrogens is 3. The molecule has 1 aliphatic heterocycles. The number of rotatable bonds is 6. The van der Waals surface area contributed by atoms with Gasteiger partial charge in [-0.15, -0.1) is 34.2 Å². The maximum atomic E-state index is 5.85. The fraction of sp³-hybridized carbons (Fsp3) is 0.842. The summed E-state index contributed by atoms with van der Waals surface area (Å²) in [6.07, 6.45) is 8.11. The third kappa shape index (κ3) is 6.28. The van der Waals surface area contributed by atoms with Crippen molar-refractivity contribution in [2.24, 2.45) is 12.0 Å². The van der Waals surface area contributed by atoms with Gasteiger partial charge in [0.05, 0.1) is 5.60 Å². The van der Waals surface area contributed by atoms with E-state index < -0.39 is 0 Å². The lowest BCUT2D eigenvalue weighted by Gasteiger charge is -2.36. The molecule has 160 valence electrons. The van der Waals surface area contributed by atoms with Crippen LogP contribution in [0.15, 0.2) is 4.99 Å². The highest BCUT2D eigenvalue weighted by atomic mass is 127. The first kappa shape index (κ1) is 23.3. The number of guanidine groups is 1. The van der Waals surface area contributed by atoms with Crippen LogP contribution in [0.4, 0.5) is 0 Å². The Labute approximate surface area is 185 Å². The largest absolute Gasteiger partial charge is 0.381 e. The monoisotopic (exact) mass is 506 g/mol. The smallest absolute Gasteiger partial charge is 0.192 e. The summed E-state index contributed by atoms with van der Waals surface area (Å²) in [7, 11) is 3.77. The molecule has 2 heterocycles. The molecule has 0 aromatic carbocycles. The number of nitrogens with one attached hydrogen (secondary N) is 2. The molecule has 0 amide bonds. The number of halogens is 1. The van der Waals surface area contributed by atoms with Crippen molar-refractivity contribution in [2.45, 2.75) is 70.1 Å². The third-order valence-electron chi connectivity index (χ3n) is 5.92. The van der Waals surface area contributed by atoms with Gasteiger partial charge in [0.25, 0.3) is 0 Å². The Morgan fingerprint density at radius 3 is 2.57 bits per heavy atom. The quantitative estimate of drug-likeness (QED) is 0.350. The standard InChI is InChI=1S/C19H34N6O2.HI/c1-15-23-24-17(25(15)2)13-20-18(22-16-7-5-4-6-8-16)21-14-19(26-3)9-11-27-12-10-19;/h16H,4-14H2,1-3H3,(H2,20,21,22);1H. The molecule has 0 unspecified atom stereocenters. The summed E-state index contributed by atoms with van der Waals surface area (Å²) in [5, 5.41) is 15.5. The molecule has 1 saturated carbocycles. The van der Waals surface area contributed by atoms with E-state index in [1.807, 2.05) is 18.5 Å². The highest BCUT2D eigenvalue weighted by Crippen LogP contribution is 2.23. The van der Waals surface area contributed by atoms with Crippen LogP contribution < -0.4 is 10.6 Å². The van der Waals surface area contributed by atoms with Crippen molar-refractivity contribution in [1.82, 2.24) is 25.4 Å². The summed E-state index contributed by atoms with van der Waals surface area (Å²) in [4.78, 5) is 4.80. The van der Waals surface area contributed by atoms with Crippen molar-refractivity contribution in [3.8, 4) is 0 Å². The zero-order chi connectivity index (χ0) is 19.1. The summed E-state index contributed by atoms with van der Waals surface area (Å²) >= 11 is 0. The number of hydrogen-bond donors (Lipinski definition) is 2. The van der Waals surface area contributed by atoms with Gasteiger partial charge in [0.2, 0.25) is 0 Å². The van der Waals surface area contributed by atoms with E-state index >= 15 is 0 Å². The first-order chi connectivity index (χ1) is 13.1. The fourth-order valence-electron chi connectivity index (χ4n) is 3.77. The van der Waals surface area contributed by atoms with Crippen LogP contribution in [0.5, 0.6) is 0 Å². The number of aliphatic imine (C=N–C) groups is 1. The van der Waals surface area contributed by atoms with Gasteiger partial charge in [-0.25, -0.2) is 4.99 Å². The average Bonchev–Trinajstić information content (AvgIpc) is 3.03. The molecule has 0 bridgehead atoms. The third-order valence-corrected chi connectivity index (χ3v) is 5.92. The van der Waals surface area contributed by atoms with Crippen molar-refractivity contribution < 1.29 is 9.47 Å². The van der Waals surface area contributed by atoms with E-state index in [9.17, 15) is 0 Å². The second-order valence-electron chi connectivity index (χ2n) is 7.72. The molecule has 0 radical (unpaired) electrons. The zero-order valence-corrected chi connectivity index (χ0v) is 19.7. The molecule has 1 aliphatic carbocycles. The summed E-state index contributed by atoms with van der Waals surface area (Å²) in [6.45, 7) is 4.67. The summed E-state index contributed by atoms with van der Waals surface area (Å²) in [5.41, 5.74) is -0.186. The summed E-state index contributed by atoms with van der Waals surface area (Å²) in [6, 6.07) is 0.486. The Bertz CT molecular complexity index is 624. The minimum atomic E-state index is -0.186. The van der Waals surface area contributed by atoms with Crippen molar-refractivity contribution in [1.29, 1.82) is 0 Å². The van der Waals surface area contributed by atoms with E-state index in [0.717, 1.165) is 50.2 Å². The molecule has 8 nitrogen and oxygen atoms in total. The SMILES string of the molecule is COC1(CNC(=NCc2nnc(C)n2C)NC2CCCCC2)CCOCC1.I. The number of nitrogens with zero attached hydrogens (tertiary/aromatic N) is 4. The molecular formula is C19H35IN6O2. The molecular weight excluding hydrogens is 471 g/mol. The van der Waals surface area contributed by atoms with Crippen molar-refractivity contribution in [3.63, 3.8) is 0 Å². The van der Waals surface area contributed by atoms with Crippen LogP contribution in [-0.4, -0.2) is 59.2 Å². The molecule has 2 aliphatic rings. The van der Waals surface area contributed by atoms with Crippen LogP contribution in [-0.2, 0) is 23.1 Å². The van der Waals surface area contributed by atoms with Crippen molar-refractivity contribution in [2.75, 3.05) is 26.9 Å². The van der Waals surface area contributed by atoms with E-state index in [4.69, 9.17) is 14.5 Å². The maximum Gasteiger partial charge on any atom is 0.192 e. The van der Waals surface area contributed by atoms with Crippen molar-refractivity contribution in [3.05, 3.63) is 11.6 Å². The fourth-order valence-corrected chi connectivity index (χ4v) is 3.77. The van der Waals surface area contributed by atoms with Crippen LogP contribution in [0.25, 0.3) is 0 Å². The zero-order valence-electron chi connectivity index (χ0n) is 17.4. The lowest BCUT2D eigenvalue weighted by atomic mass is 9.94. The van der Waals surface area contributed by atoms with E-state index in [-0.39, 0.29) is 29.6 Å². The minimum absolute atomic E-state index is 0. The Balaban J connectivity index is 0.00000280. The van der Waals surface area contributed by atoms with E-state index in [0.29, 0.717) is 12.6 Å². The summed E-state index contributed by atoms with van der Waals surface area (Å²) < 4.78 is 13.3. The summed E-state index contributed by atoms with van der Waals surface area (Å²) in [5.74, 6) is 2.60. The van der Waals surface area contributed by atoms with Gasteiger partial charge in [0.15, 0.2) is 11.8 Å². The highest BCUT2D eigenvalue weighted by molar-refractivity contribution is 14.0. The molecule has 2 N–H and O–H groups in total. The van der Waals surface area contributed by atoms with Crippen LogP contribution in [0.3, 0.4) is 0 Å². The van der Waals surface area contributed by atoms with E-state index in [1.54, 1.807) is 7.11 Å². The van der Waals surface area contributed by atoms with Crippen LogP contribution in [0, 0.1) is 6.92 Å². The highest BCUT2D eigenvalue weighted by Gasteiger charge is 2.32. The molecule has 28 heavy (non-hydrogen) atoms. The molecule has 1 aromatic rings. The molecule has 2 fully saturated rings. The van der Waals surface area contributed by atoms with Gasteiger partial charge >= 0.3 is 0 Å². The predicted octanol–water partition coefficient (Wildman–Crippen LogP) is 2.31. The topological polar surface area (TPSA) is 85.6 Å². The first-order valence-electron chi connectivity index (χ1n) is 10.1. The van der Waals surface area contributed by atoms with Crippen LogP contribution in [0.2, 0.25) is 0 Å².